The summed E-state index contributed by atoms with van der Waals surface area (Å²) in [5.74, 6) is -1.18. The molecule has 0 aliphatic rings. The summed E-state index contributed by atoms with van der Waals surface area (Å²) >= 11 is 0. The third-order valence-electron chi connectivity index (χ3n) is 3.57. The van der Waals surface area contributed by atoms with Crippen molar-refractivity contribution in [1.29, 1.82) is 0 Å². The number of rotatable bonds is 7. The third-order valence-corrected chi connectivity index (χ3v) is 3.57. The van der Waals surface area contributed by atoms with E-state index in [-0.39, 0.29) is 24.1 Å². The van der Waals surface area contributed by atoms with E-state index in [2.05, 4.69) is 10.2 Å². The highest BCUT2D eigenvalue weighted by Gasteiger charge is 2.21. The van der Waals surface area contributed by atoms with Gasteiger partial charge >= 0.3 is 5.97 Å². The van der Waals surface area contributed by atoms with Crippen molar-refractivity contribution in [2.75, 3.05) is 13.1 Å². The number of carbonyl (C=O) groups is 2. The van der Waals surface area contributed by atoms with Gasteiger partial charge in [-0.3, -0.25) is 14.7 Å². The molecule has 0 aliphatic carbocycles. The van der Waals surface area contributed by atoms with Gasteiger partial charge in [0.25, 0.3) is 5.91 Å². The van der Waals surface area contributed by atoms with Crippen LogP contribution in [0.5, 0.6) is 0 Å². The molecule has 122 valence electrons. The topological polar surface area (TPSA) is 86.3 Å². The molecular formula is C17H21N3O3. The normalized spacial score (nSPS) is 10.7. The van der Waals surface area contributed by atoms with Gasteiger partial charge in [-0.2, -0.15) is 5.10 Å². The predicted molar refractivity (Wildman–Crippen MR) is 86.4 cm³/mol. The number of carboxylic acids is 1. The Balaban J connectivity index is 2.09. The van der Waals surface area contributed by atoms with Crippen molar-refractivity contribution in [3.8, 4) is 0 Å². The average molecular weight is 315 g/mol. The van der Waals surface area contributed by atoms with Crippen LogP contribution < -0.4 is 0 Å². The van der Waals surface area contributed by atoms with Crippen LogP contribution in [0.4, 0.5) is 0 Å². The van der Waals surface area contributed by atoms with Crippen molar-refractivity contribution in [2.45, 2.75) is 26.2 Å². The van der Waals surface area contributed by atoms with E-state index in [9.17, 15) is 9.59 Å². The highest BCUT2D eigenvalue weighted by molar-refractivity contribution is 5.94. The van der Waals surface area contributed by atoms with Gasteiger partial charge < -0.3 is 10.0 Å². The van der Waals surface area contributed by atoms with Crippen LogP contribution in [0.25, 0.3) is 0 Å². The molecule has 0 atom stereocenters. The van der Waals surface area contributed by atoms with Crippen LogP contribution in [0.15, 0.2) is 36.4 Å². The molecule has 1 aromatic carbocycles. The number of hydrogen-bond donors (Lipinski definition) is 2. The van der Waals surface area contributed by atoms with Crippen molar-refractivity contribution < 1.29 is 14.7 Å². The standard InChI is InChI=1S/C17H21N3O3/c1-12(2)14-10-15(19-18-14)17(23)20(11-16(21)22)9-8-13-6-4-3-5-7-13/h3-7,10,12H,8-9,11H2,1-2H3,(H,18,19)(H,21,22). The monoisotopic (exact) mass is 315 g/mol. The predicted octanol–water partition coefficient (Wildman–Crippen LogP) is 2.30. The number of nitrogens with one attached hydrogen (secondary N) is 1. The molecule has 6 heteroatoms. The van der Waals surface area contributed by atoms with E-state index in [0.29, 0.717) is 13.0 Å². The van der Waals surface area contributed by atoms with Gasteiger partial charge in [0.1, 0.15) is 12.2 Å². The fraction of sp³-hybridized carbons (Fsp3) is 0.353. The lowest BCUT2D eigenvalue weighted by molar-refractivity contribution is -0.137. The summed E-state index contributed by atoms with van der Waals surface area (Å²) in [5, 5.41) is 15.9. The Morgan fingerprint density at radius 3 is 2.52 bits per heavy atom. The molecule has 0 spiro atoms. The minimum atomic E-state index is -1.04. The molecule has 1 aromatic heterocycles. The van der Waals surface area contributed by atoms with E-state index < -0.39 is 5.97 Å². The molecule has 1 heterocycles. The summed E-state index contributed by atoms with van der Waals surface area (Å²) in [4.78, 5) is 24.9. The van der Waals surface area contributed by atoms with Crippen LogP contribution in [0, 0.1) is 0 Å². The van der Waals surface area contributed by atoms with Crippen LogP contribution in [0.2, 0.25) is 0 Å². The molecule has 0 bridgehead atoms. The highest BCUT2D eigenvalue weighted by Crippen LogP contribution is 2.13. The van der Waals surface area contributed by atoms with Crippen molar-refractivity contribution in [2.24, 2.45) is 0 Å². The van der Waals surface area contributed by atoms with Crippen molar-refractivity contribution in [1.82, 2.24) is 15.1 Å². The molecular weight excluding hydrogens is 294 g/mol. The Labute approximate surface area is 135 Å². The smallest absolute Gasteiger partial charge is 0.323 e. The van der Waals surface area contributed by atoms with Crippen LogP contribution in [0.3, 0.4) is 0 Å². The number of carboxylic acid groups (broad SMARTS) is 1. The first-order valence-corrected chi connectivity index (χ1v) is 7.57. The number of benzene rings is 1. The summed E-state index contributed by atoms with van der Waals surface area (Å²) in [5.41, 5.74) is 2.16. The van der Waals surface area contributed by atoms with E-state index in [4.69, 9.17) is 5.11 Å². The third kappa shape index (κ3) is 4.67. The maximum absolute atomic E-state index is 12.5. The second-order valence-electron chi connectivity index (χ2n) is 5.72. The fourth-order valence-electron chi connectivity index (χ4n) is 2.23. The molecule has 0 radical (unpaired) electrons. The number of hydrogen-bond acceptors (Lipinski definition) is 3. The molecule has 2 aromatic rings. The van der Waals surface area contributed by atoms with Gasteiger partial charge in [-0.25, -0.2) is 0 Å². The molecule has 0 unspecified atom stereocenters. The molecule has 0 aliphatic heterocycles. The first-order chi connectivity index (χ1) is 11.0. The highest BCUT2D eigenvalue weighted by atomic mass is 16.4. The quantitative estimate of drug-likeness (QED) is 0.821. The van der Waals surface area contributed by atoms with E-state index in [1.807, 2.05) is 44.2 Å². The van der Waals surface area contributed by atoms with Gasteiger partial charge in [0.15, 0.2) is 0 Å². The van der Waals surface area contributed by atoms with Gasteiger partial charge in [-0.15, -0.1) is 0 Å². The summed E-state index contributed by atoms with van der Waals surface area (Å²) in [6.07, 6.45) is 0.599. The number of aromatic amines is 1. The molecule has 6 nitrogen and oxygen atoms in total. The number of carbonyl (C=O) groups excluding carboxylic acids is 1. The van der Waals surface area contributed by atoms with Crippen LogP contribution in [-0.2, 0) is 11.2 Å². The van der Waals surface area contributed by atoms with Crippen LogP contribution in [-0.4, -0.2) is 45.2 Å². The Morgan fingerprint density at radius 1 is 1.26 bits per heavy atom. The van der Waals surface area contributed by atoms with E-state index in [0.717, 1.165) is 11.3 Å². The zero-order chi connectivity index (χ0) is 16.8. The summed E-state index contributed by atoms with van der Waals surface area (Å²) in [6.45, 7) is 3.98. The lowest BCUT2D eigenvalue weighted by atomic mass is 10.1. The summed E-state index contributed by atoms with van der Waals surface area (Å²) in [7, 11) is 0. The number of aliphatic carboxylic acids is 1. The van der Waals surface area contributed by atoms with Crippen molar-refractivity contribution in [3.63, 3.8) is 0 Å². The van der Waals surface area contributed by atoms with E-state index >= 15 is 0 Å². The second-order valence-corrected chi connectivity index (χ2v) is 5.72. The number of aromatic nitrogens is 2. The van der Waals surface area contributed by atoms with E-state index in [1.54, 1.807) is 6.07 Å². The molecule has 23 heavy (non-hydrogen) atoms. The summed E-state index contributed by atoms with van der Waals surface area (Å²) < 4.78 is 0. The molecule has 0 saturated heterocycles. The van der Waals surface area contributed by atoms with Crippen LogP contribution in [0.1, 0.15) is 41.5 Å². The Hall–Kier alpha value is -2.63. The van der Waals surface area contributed by atoms with Gasteiger partial charge in [0, 0.05) is 12.2 Å². The van der Waals surface area contributed by atoms with Crippen molar-refractivity contribution in [3.05, 3.63) is 53.3 Å². The minimum absolute atomic E-state index is 0.223. The van der Waals surface area contributed by atoms with Gasteiger partial charge in [0.2, 0.25) is 0 Å². The maximum Gasteiger partial charge on any atom is 0.323 e. The SMILES string of the molecule is CC(C)c1cc(C(=O)N(CCc2ccccc2)CC(=O)O)n[nH]1. The van der Waals surface area contributed by atoms with E-state index in [1.165, 1.54) is 4.90 Å². The van der Waals surface area contributed by atoms with Gasteiger partial charge in [-0.05, 0) is 24.0 Å². The molecule has 2 N–H and O–H groups in total. The Kier molecular flexibility index (Phi) is 5.51. The Bertz CT molecular complexity index is 665. The summed E-state index contributed by atoms with van der Waals surface area (Å²) in [6, 6.07) is 11.3. The lowest BCUT2D eigenvalue weighted by Gasteiger charge is -2.19. The van der Waals surface area contributed by atoms with Crippen molar-refractivity contribution >= 4 is 11.9 Å². The van der Waals surface area contributed by atoms with Gasteiger partial charge in [-0.1, -0.05) is 44.2 Å². The van der Waals surface area contributed by atoms with Gasteiger partial charge in [0.05, 0.1) is 0 Å². The first-order valence-electron chi connectivity index (χ1n) is 7.57. The Morgan fingerprint density at radius 2 is 1.96 bits per heavy atom. The largest absolute Gasteiger partial charge is 0.480 e. The lowest BCUT2D eigenvalue weighted by Crippen LogP contribution is -2.37. The maximum atomic E-state index is 12.5. The number of nitrogens with zero attached hydrogens (tertiary/aromatic N) is 2. The minimum Gasteiger partial charge on any atom is -0.480 e. The fourth-order valence-corrected chi connectivity index (χ4v) is 2.23. The molecule has 0 fully saturated rings. The second kappa shape index (κ2) is 7.58. The molecule has 1 amide bonds. The molecule has 0 saturated carbocycles. The van der Waals surface area contributed by atoms with Crippen LogP contribution >= 0.6 is 0 Å². The number of amides is 1. The molecule has 2 rings (SSSR count). The first kappa shape index (κ1) is 16.7. The average Bonchev–Trinajstić information content (AvgIpc) is 3.01. The zero-order valence-electron chi connectivity index (χ0n) is 13.3. The number of H-pyrrole nitrogens is 1. The zero-order valence-corrected chi connectivity index (χ0v) is 13.3.